The highest BCUT2D eigenvalue weighted by Gasteiger charge is 2.19. The van der Waals surface area contributed by atoms with Gasteiger partial charge in [0.25, 0.3) is 0 Å². The molecule has 5 nitrogen and oxygen atoms in total. The van der Waals surface area contributed by atoms with Gasteiger partial charge < -0.3 is 15.2 Å². The third-order valence-electron chi connectivity index (χ3n) is 6.62. The second kappa shape index (κ2) is 12.5. The van der Waals surface area contributed by atoms with Crippen molar-refractivity contribution in [1.29, 1.82) is 0 Å². The fourth-order valence-corrected chi connectivity index (χ4v) is 5.89. The standard InChI is InChI=1S/C32H35NO4S/c1-23(29-11-6-7-12-30(29)38(36)28-17-15-26(16-18-28)31(34)35)37-20-8-19-33-32(2,3)22-24-13-14-25-9-4-5-10-27(25)21-24/h4-7,9-18,21,23,33H,8,19-20,22H2,1-3H3,(H,34,35). The average Bonchev–Trinajstić information content (AvgIpc) is 2.92. The van der Waals surface area contributed by atoms with Crippen LogP contribution in [0.1, 0.15) is 54.8 Å². The maximum absolute atomic E-state index is 13.3. The van der Waals surface area contributed by atoms with Crippen LogP contribution in [0.25, 0.3) is 10.8 Å². The largest absolute Gasteiger partial charge is 0.478 e. The summed E-state index contributed by atoms with van der Waals surface area (Å²) in [6.07, 6.45) is 1.56. The molecule has 2 unspecified atom stereocenters. The minimum Gasteiger partial charge on any atom is -0.478 e. The van der Waals surface area contributed by atoms with E-state index in [-0.39, 0.29) is 17.2 Å². The zero-order valence-electron chi connectivity index (χ0n) is 22.1. The van der Waals surface area contributed by atoms with Gasteiger partial charge in [-0.1, -0.05) is 60.7 Å². The summed E-state index contributed by atoms with van der Waals surface area (Å²) in [5.74, 6) is -1.00. The smallest absolute Gasteiger partial charge is 0.335 e. The summed E-state index contributed by atoms with van der Waals surface area (Å²) < 4.78 is 19.4. The van der Waals surface area contributed by atoms with E-state index in [9.17, 15) is 9.00 Å². The van der Waals surface area contributed by atoms with E-state index < -0.39 is 16.8 Å². The Bertz CT molecular complexity index is 1410. The van der Waals surface area contributed by atoms with E-state index >= 15 is 0 Å². The number of ether oxygens (including phenoxy) is 1. The summed E-state index contributed by atoms with van der Waals surface area (Å²) in [5.41, 5.74) is 2.31. The number of nitrogens with one attached hydrogen (secondary N) is 1. The van der Waals surface area contributed by atoms with Crippen molar-refractivity contribution in [3.05, 3.63) is 108 Å². The van der Waals surface area contributed by atoms with Gasteiger partial charge in [-0.3, -0.25) is 0 Å². The van der Waals surface area contributed by atoms with Gasteiger partial charge in [-0.25, -0.2) is 9.00 Å². The summed E-state index contributed by atoms with van der Waals surface area (Å²) >= 11 is 0. The first kappa shape index (κ1) is 27.7. The third-order valence-corrected chi connectivity index (χ3v) is 8.10. The van der Waals surface area contributed by atoms with Gasteiger partial charge in [-0.2, -0.15) is 0 Å². The van der Waals surface area contributed by atoms with E-state index in [0.717, 1.165) is 24.9 Å². The number of carboxylic acids is 1. The normalized spacial score (nSPS) is 13.3. The predicted octanol–water partition coefficient (Wildman–Crippen LogP) is 6.78. The van der Waals surface area contributed by atoms with Crippen LogP contribution in [-0.4, -0.2) is 34.0 Å². The van der Waals surface area contributed by atoms with Gasteiger partial charge in [0.2, 0.25) is 0 Å². The molecule has 4 aromatic rings. The molecule has 2 atom stereocenters. The fourth-order valence-electron chi connectivity index (χ4n) is 4.60. The van der Waals surface area contributed by atoms with E-state index in [2.05, 4.69) is 61.6 Å². The molecule has 38 heavy (non-hydrogen) atoms. The van der Waals surface area contributed by atoms with Crippen LogP contribution in [0.3, 0.4) is 0 Å². The lowest BCUT2D eigenvalue weighted by molar-refractivity contribution is 0.0614. The molecule has 4 rings (SSSR count). The Balaban J connectivity index is 1.28. The minimum absolute atomic E-state index is 0.0479. The van der Waals surface area contributed by atoms with Gasteiger partial charge >= 0.3 is 5.97 Å². The lowest BCUT2D eigenvalue weighted by Crippen LogP contribution is -2.42. The van der Waals surface area contributed by atoms with Crippen molar-refractivity contribution in [1.82, 2.24) is 5.32 Å². The zero-order valence-corrected chi connectivity index (χ0v) is 23.0. The SMILES string of the molecule is CC(OCCCNC(C)(C)Cc1ccc2ccccc2c1)c1ccccc1S(=O)c1ccc(C(=O)O)cc1. The molecule has 0 spiro atoms. The first-order valence-corrected chi connectivity index (χ1v) is 14.1. The van der Waals surface area contributed by atoms with Crippen LogP contribution in [0.2, 0.25) is 0 Å². The summed E-state index contributed by atoms with van der Waals surface area (Å²) in [5, 5.41) is 15.3. The number of hydrogen-bond acceptors (Lipinski definition) is 4. The molecule has 2 N–H and O–H groups in total. The van der Waals surface area contributed by atoms with Crippen molar-refractivity contribution < 1.29 is 18.8 Å². The monoisotopic (exact) mass is 529 g/mol. The third kappa shape index (κ3) is 7.16. The van der Waals surface area contributed by atoms with E-state index in [1.54, 1.807) is 12.1 Å². The number of carbonyl (C=O) groups is 1. The Labute approximate surface area is 227 Å². The lowest BCUT2D eigenvalue weighted by atomic mass is 9.93. The van der Waals surface area contributed by atoms with E-state index in [0.29, 0.717) is 16.4 Å². The topological polar surface area (TPSA) is 75.6 Å². The Morgan fingerprint density at radius 2 is 1.63 bits per heavy atom. The molecule has 0 bridgehead atoms. The van der Waals surface area contributed by atoms with Crippen LogP contribution in [0.15, 0.2) is 101 Å². The summed E-state index contributed by atoms with van der Waals surface area (Å²) in [6.45, 7) is 7.83. The van der Waals surface area contributed by atoms with Crippen molar-refractivity contribution in [3.8, 4) is 0 Å². The zero-order chi connectivity index (χ0) is 27.1. The Morgan fingerprint density at radius 1 is 0.947 bits per heavy atom. The Hall–Kier alpha value is -3.32. The van der Waals surface area contributed by atoms with Crippen LogP contribution in [-0.2, 0) is 22.0 Å². The average molecular weight is 530 g/mol. The van der Waals surface area contributed by atoms with E-state index in [4.69, 9.17) is 9.84 Å². The van der Waals surface area contributed by atoms with Gasteiger partial charge in [-0.15, -0.1) is 0 Å². The summed E-state index contributed by atoms with van der Waals surface area (Å²) in [7, 11) is -1.44. The highest BCUT2D eigenvalue weighted by molar-refractivity contribution is 7.85. The molecule has 0 saturated carbocycles. The number of hydrogen-bond donors (Lipinski definition) is 2. The van der Waals surface area contributed by atoms with E-state index in [1.807, 2.05) is 31.2 Å². The molecule has 0 aliphatic carbocycles. The molecule has 0 radical (unpaired) electrons. The number of carboxylic acid groups (broad SMARTS) is 1. The van der Waals surface area contributed by atoms with Crippen molar-refractivity contribution in [2.75, 3.05) is 13.2 Å². The minimum atomic E-state index is -1.44. The van der Waals surface area contributed by atoms with Crippen molar-refractivity contribution in [2.24, 2.45) is 0 Å². The first-order valence-electron chi connectivity index (χ1n) is 12.9. The van der Waals surface area contributed by atoms with Gasteiger partial charge in [0.15, 0.2) is 0 Å². The van der Waals surface area contributed by atoms with Crippen LogP contribution in [0.5, 0.6) is 0 Å². The maximum Gasteiger partial charge on any atom is 0.335 e. The first-order chi connectivity index (χ1) is 18.2. The molecule has 0 aromatic heterocycles. The number of fused-ring (bicyclic) bond motifs is 1. The fraction of sp³-hybridized carbons (Fsp3) is 0.281. The molecule has 4 aromatic carbocycles. The number of rotatable bonds is 12. The molecule has 0 aliphatic heterocycles. The van der Waals surface area contributed by atoms with Crippen LogP contribution >= 0.6 is 0 Å². The van der Waals surface area contributed by atoms with Crippen molar-refractivity contribution in [3.63, 3.8) is 0 Å². The molecule has 0 heterocycles. The van der Waals surface area contributed by atoms with Crippen LogP contribution < -0.4 is 5.32 Å². The van der Waals surface area contributed by atoms with Crippen molar-refractivity contribution >= 4 is 27.5 Å². The molecular weight excluding hydrogens is 494 g/mol. The maximum atomic E-state index is 13.3. The molecule has 0 fully saturated rings. The van der Waals surface area contributed by atoms with Crippen molar-refractivity contribution in [2.45, 2.75) is 55.0 Å². The quantitative estimate of drug-likeness (QED) is 0.198. The van der Waals surface area contributed by atoms with Crippen LogP contribution in [0.4, 0.5) is 0 Å². The lowest BCUT2D eigenvalue weighted by Gasteiger charge is -2.27. The highest BCUT2D eigenvalue weighted by atomic mass is 32.2. The van der Waals surface area contributed by atoms with Gasteiger partial charge in [0.05, 0.1) is 22.5 Å². The molecule has 0 amide bonds. The number of aromatic carboxylic acids is 1. The number of benzene rings is 4. The summed E-state index contributed by atoms with van der Waals surface area (Å²) in [4.78, 5) is 12.4. The molecule has 198 valence electrons. The molecule has 0 aliphatic rings. The van der Waals surface area contributed by atoms with Gasteiger partial charge in [0, 0.05) is 21.9 Å². The molecule has 0 saturated heterocycles. The Kier molecular flexibility index (Phi) is 9.10. The van der Waals surface area contributed by atoms with E-state index in [1.165, 1.54) is 28.5 Å². The molecular formula is C32H35NO4S. The van der Waals surface area contributed by atoms with Crippen LogP contribution in [0, 0.1) is 0 Å². The van der Waals surface area contributed by atoms with Gasteiger partial charge in [-0.05, 0) is 92.4 Å². The molecule has 6 heteroatoms. The van der Waals surface area contributed by atoms with Gasteiger partial charge in [0.1, 0.15) is 0 Å². The Morgan fingerprint density at radius 3 is 2.37 bits per heavy atom. The highest BCUT2D eigenvalue weighted by Crippen LogP contribution is 2.27. The summed E-state index contributed by atoms with van der Waals surface area (Å²) in [6, 6.07) is 28.8. The second-order valence-corrected chi connectivity index (χ2v) is 11.6. The second-order valence-electron chi connectivity index (χ2n) is 10.2. The predicted molar refractivity (Wildman–Crippen MR) is 153 cm³/mol.